The molecule has 6 nitrogen and oxygen atoms in total. The van der Waals surface area contributed by atoms with E-state index in [0.717, 1.165) is 27.7 Å². The third kappa shape index (κ3) is 4.49. The summed E-state index contributed by atoms with van der Waals surface area (Å²) < 4.78 is 44.4. The number of fused-ring (bicyclic) bond motifs is 3. The van der Waals surface area contributed by atoms with Crippen LogP contribution in [0.15, 0.2) is 42.5 Å². The number of nitrogens with one attached hydrogen (secondary N) is 1. The first-order chi connectivity index (χ1) is 14.3. The van der Waals surface area contributed by atoms with Crippen molar-refractivity contribution in [1.82, 2.24) is 13.6 Å². The lowest BCUT2D eigenvalue weighted by atomic mass is 9.91. The summed E-state index contributed by atoms with van der Waals surface area (Å²) in [5, 5.41) is 10.3. The molecule has 1 aliphatic carbocycles. The molecule has 1 atom stereocenters. The van der Waals surface area contributed by atoms with Crippen LogP contribution in [0.25, 0.3) is 10.9 Å². The highest BCUT2D eigenvalue weighted by molar-refractivity contribution is 7.87. The van der Waals surface area contributed by atoms with Gasteiger partial charge in [0.25, 0.3) is 10.2 Å². The van der Waals surface area contributed by atoms with E-state index in [0.29, 0.717) is 31.4 Å². The second kappa shape index (κ2) is 8.79. The molecule has 0 amide bonds. The molecule has 0 fully saturated rings. The summed E-state index contributed by atoms with van der Waals surface area (Å²) in [6.45, 7) is 0.517. The maximum Gasteiger partial charge on any atom is 0.279 e. The van der Waals surface area contributed by atoms with E-state index < -0.39 is 10.2 Å². The summed E-state index contributed by atoms with van der Waals surface area (Å²) in [5.74, 6) is -0.275. The zero-order valence-corrected chi connectivity index (χ0v) is 17.7. The summed E-state index contributed by atoms with van der Waals surface area (Å²) >= 11 is 0. The van der Waals surface area contributed by atoms with Crippen LogP contribution in [0.1, 0.15) is 36.2 Å². The first-order valence-electron chi connectivity index (χ1n) is 9.77. The molecule has 0 spiro atoms. The minimum atomic E-state index is -3.53. The average molecular weight is 443 g/mol. The molecule has 1 heterocycles. The zero-order valence-electron chi connectivity index (χ0n) is 16.9. The van der Waals surface area contributed by atoms with E-state index in [9.17, 15) is 18.1 Å². The molecule has 1 aromatic heterocycles. The highest BCUT2D eigenvalue weighted by Gasteiger charge is 2.29. The fourth-order valence-electron chi connectivity index (χ4n) is 4.13. The lowest BCUT2D eigenvalue weighted by Crippen LogP contribution is -2.44. The number of aromatic nitrogens is 1. The van der Waals surface area contributed by atoms with Crippen molar-refractivity contribution in [2.75, 3.05) is 14.1 Å². The number of nitrogens with zero attached hydrogens (tertiary/aromatic N) is 3. The van der Waals surface area contributed by atoms with E-state index in [2.05, 4.69) is 15.4 Å². The first kappa shape index (κ1) is 22.9. The molecular weight excluding hydrogens is 415 g/mol. The van der Waals surface area contributed by atoms with Gasteiger partial charge < -0.3 is 4.57 Å². The van der Waals surface area contributed by atoms with Gasteiger partial charge in [0.05, 0.1) is 11.6 Å². The van der Waals surface area contributed by atoms with Gasteiger partial charge in [-0.05, 0) is 60.7 Å². The molecule has 0 saturated carbocycles. The Bertz CT molecular complexity index is 1260. The van der Waals surface area contributed by atoms with Crippen LogP contribution >= 0.6 is 0 Å². The molecule has 2 aromatic carbocycles. The van der Waals surface area contributed by atoms with Gasteiger partial charge in [-0.1, -0.05) is 19.6 Å². The lowest BCUT2D eigenvalue weighted by molar-refractivity contribution is 0.461. The Labute approximate surface area is 183 Å². The fourth-order valence-corrected chi connectivity index (χ4v) is 4.97. The number of nitriles is 1. The Morgan fingerprint density at radius 1 is 1.26 bits per heavy atom. The predicted octanol–water partition coefficient (Wildman–Crippen LogP) is 3.59. The fraction of sp³-hybridized carbons (Fsp3) is 0.348. The van der Waals surface area contributed by atoms with Gasteiger partial charge in [0.15, 0.2) is 0 Å². The Morgan fingerprint density at radius 3 is 2.71 bits per heavy atom. The maximum atomic E-state index is 13.7. The van der Waals surface area contributed by atoms with Crippen molar-refractivity contribution in [3.8, 4) is 6.07 Å². The molecule has 164 valence electrons. The van der Waals surface area contributed by atoms with Crippen molar-refractivity contribution in [2.24, 2.45) is 0 Å². The third-order valence-electron chi connectivity index (χ3n) is 5.62. The van der Waals surface area contributed by atoms with E-state index in [1.54, 1.807) is 12.1 Å². The number of rotatable bonds is 5. The number of hydrogen-bond acceptors (Lipinski definition) is 3. The van der Waals surface area contributed by atoms with Crippen LogP contribution in [0, 0.1) is 17.1 Å². The minimum Gasteiger partial charge on any atom is -0.340 e. The van der Waals surface area contributed by atoms with Gasteiger partial charge in [0.2, 0.25) is 0 Å². The minimum absolute atomic E-state index is 0. The molecule has 0 saturated heterocycles. The summed E-state index contributed by atoms with van der Waals surface area (Å²) in [5.41, 5.74) is 4.55. The average Bonchev–Trinajstić information content (AvgIpc) is 3.00. The number of benzene rings is 2. The Morgan fingerprint density at radius 2 is 2.03 bits per heavy atom. The monoisotopic (exact) mass is 442 g/mol. The van der Waals surface area contributed by atoms with Crippen LogP contribution in [0.4, 0.5) is 4.39 Å². The number of halogens is 1. The van der Waals surface area contributed by atoms with Crippen LogP contribution in [-0.4, -0.2) is 37.4 Å². The molecule has 0 bridgehead atoms. The van der Waals surface area contributed by atoms with E-state index in [-0.39, 0.29) is 19.3 Å². The van der Waals surface area contributed by atoms with Gasteiger partial charge in [-0.25, -0.2) is 4.39 Å². The van der Waals surface area contributed by atoms with Crippen LogP contribution in [0.2, 0.25) is 0 Å². The van der Waals surface area contributed by atoms with Crippen LogP contribution in [-0.2, 0) is 29.6 Å². The predicted molar refractivity (Wildman–Crippen MR) is 120 cm³/mol. The molecule has 1 aliphatic rings. The standard InChI is InChI=1S/C22H23FN4O2S.CH4/c1-26(2)30(28,29)25-18-7-9-22-20(12-18)19-11-15(13-24)6-8-21(19)27(22)14-16-4-3-5-17(23)10-16;/h3-6,8,10-11,18,25H,7,9,12,14H2,1-2H3;1H4. The third-order valence-corrected chi connectivity index (χ3v) is 7.21. The molecule has 0 aliphatic heterocycles. The topological polar surface area (TPSA) is 78.1 Å². The highest BCUT2D eigenvalue weighted by Crippen LogP contribution is 2.34. The summed E-state index contributed by atoms with van der Waals surface area (Å²) in [7, 11) is -0.529. The molecule has 8 heteroatoms. The van der Waals surface area contributed by atoms with Gasteiger partial charge in [-0.2, -0.15) is 22.7 Å². The van der Waals surface area contributed by atoms with Crippen LogP contribution < -0.4 is 4.72 Å². The van der Waals surface area contributed by atoms with Gasteiger partial charge >= 0.3 is 0 Å². The van der Waals surface area contributed by atoms with Crippen molar-refractivity contribution in [3.05, 3.63) is 70.7 Å². The van der Waals surface area contributed by atoms with Crippen molar-refractivity contribution in [3.63, 3.8) is 0 Å². The Hall–Kier alpha value is -2.73. The van der Waals surface area contributed by atoms with Crippen LogP contribution in [0.5, 0.6) is 0 Å². The number of hydrogen-bond donors (Lipinski definition) is 1. The maximum absolute atomic E-state index is 13.7. The summed E-state index contributed by atoms with van der Waals surface area (Å²) in [6, 6.07) is 14.1. The summed E-state index contributed by atoms with van der Waals surface area (Å²) in [4.78, 5) is 0. The van der Waals surface area contributed by atoms with Crippen molar-refractivity contribution in [1.29, 1.82) is 5.26 Å². The Balaban J connectivity index is 0.00000272. The van der Waals surface area contributed by atoms with Gasteiger partial charge in [0, 0.05) is 43.3 Å². The van der Waals surface area contributed by atoms with Gasteiger partial charge in [0.1, 0.15) is 5.82 Å². The van der Waals surface area contributed by atoms with E-state index >= 15 is 0 Å². The van der Waals surface area contributed by atoms with Gasteiger partial charge in [-0.15, -0.1) is 0 Å². The second-order valence-electron chi connectivity index (χ2n) is 7.83. The van der Waals surface area contributed by atoms with E-state index in [1.807, 2.05) is 18.2 Å². The molecule has 1 unspecified atom stereocenters. The largest absolute Gasteiger partial charge is 0.340 e. The van der Waals surface area contributed by atoms with E-state index in [4.69, 9.17) is 0 Å². The van der Waals surface area contributed by atoms with Crippen molar-refractivity contribution < 1.29 is 12.8 Å². The molecule has 4 rings (SSSR count). The molecule has 0 radical (unpaired) electrons. The molecule has 31 heavy (non-hydrogen) atoms. The highest BCUT2D eigenvalue weighted by atomic mass is 32.2. The molecule has 1 N–H and O–H groups in total. The first-order valence-corrected chi connectivity index (χ1v) is 11.2. The van der Waals surface area contributed by atoms with Crippen LogP contribution in [0.3, 0.4) is 0 Å². The molecular formula is C23H27FN4O2S. The Kier molecular flexibility index (Phi) is 6.51. The van der Waals surface area contributed by atoms with Gasteiger partial charge in [-0.3, -0.25) is 0 Å². The normalized spacial score (nSPS) is 16.0. The van der Waals surface area contributed by atoms with Crippen molar-refractivity contribution >= 4 is 21.1 Å². The van der Waals surface area contributed by atoms with E-state index in [1.165, 1.54) is 30.5 Å². The second-order valence-corrected chi connectivity index (χ2v) is 9.75. The molecule has 3 aromatic rings. The summed E-state index contributed by atoms with van der Waals surface area (Å²) in [6.07, 6.45) is 1.91. The lowest BCUT2D eigenvalue weighted by Gasteiger charge is -2.26. The SMILES string of the molecule is C.CN(C)S(=O)(=O)NC1CCc2c(c3cc(C#N)ccc3n2Cc2cccc(F)c2)C1. The quantitative estimate of drug-likeness (QED) is 0.656. The zero-order chi connectivity index (χ0) is 21.5. The smallest absolute Gasteiger partial charge is 0.279 e. The van der Waals surface area contributed by atoms with Crippen molar-refractivity contribution in [2.45, 2.75) is 39.3 Å².